The van der Waals surface area contributed by atoms with Gasteiger partial charge in [-0.1, -0.05) is 45.9 Å². The van der Waals surface area contributed by atoms with Gasteiger partial charge in [0.1, 0.15) is 29.9 Å². The molecule has 0 aromatic heterocycles. The fraction of sp³-hybridized carbons (Fsp3) is 0.562. The van der Waals surface area contributed by atoms with Crippen LogP contribution in [0.3, 0.4) is 0 Å². The molecule has 0 radical (unpaired) electrons. The fourth-order valence-electron chi connectivity index (χ4n) is 2.74. The normalized spacial score (nSPS) is 36.0. The van der Waals surface area contributed by atoms with Gasteiger partial charge in [0.05, 0.1) is 6.61 Å². The van der Waals surface area contributed by atoms with Gasteiger partial charge in [-0.05, 0) is 11.1 Å². The van der Waals surface area contributed by atoms with Crippen molar-refractivity contribution in [2.75, 3.05) is 6.61 Å². The Labute approximate surface area is 160 Å². The van der Waals surface area contributed by atoms with Crippen molar-refractivity contribution in [3.8, 4) is 0 Å². The van der Waals surface area contributed by atoms with Crippen molar-refractivity contribution in [3.63, 3.8) is 0 Å². The first-order chi connectivity index (χ1) is 12.7. The van der Waals surface area contributed by atoms with Crippen molar-refractivity contribution >= 4 is 27.8 Å². The molecule has 3 rings (SSSR count). The summed E-state index contributed by atoms with van der Waals surface area (Å²) in [5.41, 5.74) is -2.44. The minimum atomic E-state index is -4.48. The van der Waals surface area contributed by atoms with Crippen molar-refractivity contribution < 1.29 is 38.3 Å². The van der Waals surface area contributed by atoms with E-state index < -0.39 is 48.2 Å². The van der Waals surface area contributed by atoms with Crippen molar-refractivity contribution in [1.29, 1.82) is 0 Å². The zero-order chi connectivity index (χ0) is 19.8. The van der Waals surface area contributed by atoms with E-state index >= 15 is 0 Å². The maximum absolute atomic E-state index is 13.1. The molecule has 27 heavy (non-hydrogen) atoms. The van der Waals surface area contributed by atoms with Gasteiger partial charge in [-0.25, -0.2) is 0 Å². The molecule has 6 atom stereocenters. The fourth-order valence-corrected chi connectivity index (χ4v) is 5.21. The molecule has 1 unspecified atom stereocenters. The number of aliphatic imine (C=N–C) groups is 1. The largest absolute Gasteiger partial charge is 0.422 e. The van der Waals surface area contributed by atoms with Crippen LogP contribution in [0.5, 0.6) is 0 Å². The van der Waals surface area contributed by atoms with Crippen molar-refractivity contribution in [2.24, 2.45) is 4.99 Å². The Hall–Kier alpha value is -0.820. The molecule has 0 bridgehead atoms. The average Bonchev–Trinajstić information content (AvgIpc) is 3.44. The predicted molar refractivity (Wildman–Crippen MR) is 95.3 cm³/mol. The molecule has 0 aliphatic carbocycles. The predicted octanol–water partition coefficient (Wildman–Crippen LogP) is 1.21. The summed E-state index contributed by atoms with van der Waals surface area (Å²) < 4.78 is 44.8. The number of ether oxygens (including phenoxy) is 1. The number of aliphatic hydroxyl groups excluding tert-OH is 4. The topological polar surface area (TPSA) is 103 Å². The zero-order valence-electron chi connectivity index (χ0n) is 13.8. The van der Waals surface area contributed by atoms with E-state index in [4.69, 9.17) is 9.84 Å². The summed E-state index contributed by atoms with van der Waals surface area (Å²) in [6.07, 6.45) is -8.86. The van der Waals surface area contributed by atoms with Crippen LogP contribution in [0.4, 0.5) is 13.2 Å². The Morgan fingerprint density at radius 3 is 2.44 bits per heavy atom. The maximum atomic E-state index is 13.1. The number of rotatable bonds is 6. The van der Waals surface area contributed by atoms with E-state index in [1.54, 1.807) is 6.07 Å². The molecule has 0 spiro atoms. The summed E-state index contributed by atoms with van der Waals surface area (Å²) in [5.74, 6) is 0.321. The Balaban J connectivity index is 1.59. The molecule has 2 aliphatic rings. The first-order valence-electron chi connectivity index (χ1n) is 8.01. The Morgan fingerprint density at radius 1 is 1.15 bits per heavy atom. The van der Waals surface area contributed by atoms with Crippen LogP contribution in [0.25, 0.3) is 0 Å². The third-order valence-corrected chi connectivity index (χ3v) is 6.92. The SMILES string of the molecule is OC[C@H]1O[C@H](SSCc2cccc(C3(C(F)(F)F)C=N3)c2)[C@@H](O)[C@@H](O)[C@@H]1O. The standard InChI is InChI=1S/C16H18F3NO5S2/c17-16(18,19)15(7-20-15)9-3-1-2-8(4-9)6-26-27-14-13(24)12(23)11(22)10(5-21)25-14/h1-4,7,10-14,21-24H,5-6H2/t10-,11-,12+,13+,14-,15?/m1/s1. The van der Waals surface area contributed by atoms with Gasteiger partial charge in [-0.2, -0.15) is 13.2 Å². The quantitative estimate of drug-likeness (QED) is 0.508. The van der Waals surface area contributed by atoms with E-state index in [1.165, 1.54) is 29.0 Å². The highest BCUT2D eigenvalue weighted by atomic mass is 33.1. The van der Waals surface area contributed by atoms with E-state index in [0.717, 1.165) is 17.0 Å². The molecule has 1 saturated heterocycles. The Morgan fingerprint density at radius 2 is 1.85 bits per heavy atom. The van der Waals surface area contributed by atoms with Gasteiger partial charge in [0.25, 0.3) is 0 Å². The van der Waals surface area contributed by atoms with Crippen LogP contribution in [-0.2, 0) is 16.0 Å². The van der Waals surface area contributed by atoms with Crippen molar-refractivity contribution in [2.45, 2.75) is 47.3 Å². The molecule has 1 aromatic rings. The molecule has 1 fully saturated rings. The van der Waals surface area contributed by atoms with Gasteiger partial charge in [0.2, 0.25) is 5.54 Å². The van der Waals surface area contributed by atoms with Gasteiger partial charge < -0.3 is 25.2 Å². The molecule has 4 N–H and O–H groups in total. The lowest BCUT2D eigenvalue weighted by molar-refractivity contribution is -0.205. The number of hydrogen-bond donors (Lipinski definition) is 4. The Bertz CT molecular complexity index is 697. The second-order valence-corrected chi connectivity index (χ2v) is 8.74. The first kappa shape index (κ1) is 20.9. The molecule has 150 valence electrons. The molecule has 2 aliphatic heterocycles. The van der Waals surface area contributed by atoms with Crippen LogP contribution in [-0.4, -0.2) is 69.3 Å². The van der Waals surface area contributed by atoms with Crippen molar-refractivity contribution in [1.82, 2.24) is 0 Å². The molecule has 11 heteroatoms. The maximum Gasteiger partial charge on any atom is 0.422 e. The summed E-state index contributed by atoms with van der Waals surface area (Å²) >= 11 is 0. The highest BCUT2D eigenvalue weighted by Gasteiger charge is 2.61. The number of benzene rings is 1. The third-order valence-electron chi connectivity index (χ3n) is 4.42. The molecule has 0 saturated carbocycles. The van der Waals surface area contributed by atoms with Crippen LogP contribution >= 0.6 is 21.6 Å². The van der Waals surface area contributed by atoms with Gasteiger partial charge >= 0.3 is 6.18 Å². The number of alkyl halides is 3. The molecule has 2 heterocycles. The number of aliphatic hydroxyl groups is 4. The lowest BCUT2D eigenvalue weighted by atomic mass is 9.96. The summed E-state index contributed by atoms with van der Waals surface area (Å²) in [6, 6.07) is 6.01. The molecular weight excluding hydrogens is 407 g/mol. The molecular formula is C16H18F3NO5S2. The summed E-state index contributed by atoms with van der Waals surface area (Å²) in [4.78, 5) is 3.42. The van der Waals surface area contributed by atoms with Crippen LogP contribution in [0.15, 0.2) is 29.3 Å². The first-order valence-corrected chi connectivity index (χ1v) is 10.4. The summed E-state index contributed by atoms with van der Waals surface area (Å²) in [6.45, 7) is -0.520. The van der Waals surface area contributed by atoms with E-state index in [9.17, 15) is 28.5 Å². The number of halogens is 3. The highest BCUT2D eigenvalue weighted by molar-refractivity contribution is 8.76. The monoisotopic (exact) mass is 425 g/mol. The van der Waals surface area contributed by atoms with Crippen LogP contribution in [0, 0.1) is 0 Å². The third kappa shape index (κ3) is 4.14. The average molecular weight is 425 g/mol. The molecule has 1 aromatic carbocycles. The van der Waals surface area contributed by atoms with E-state index in [-0.39, 0.29) is 5.56 Å². The smallest absolute Gasteiger partial charge is 0.394 e. The van der Waals surface area contributed by atoms with E-state index in [1.807, 2.05) is 0 Å². The van der Waals surface area contributed by atoms with Crippen molar-refractivity contribution in [3.05, 3.63) is 35.4 Å². The second kappa shape index (κ2) is 7.90. The van der Waals surface area contributed by atoms with Gasteiger partial charge in [0, 0.05) is 12.0 Å². The summed E-state index contributed by atoms with van der Waals surface area (Å²) in [7, 11) is 2.28. The van der Waals surface area contributed by atoms with Crippen LogP contribution in [0.1, 0.15) is 11.1 Å². The lowest BCUT2D eigenvalue weighted by Gasteiger charge is -2.39. The van der Waals surface area contributed by atoms with E-state index in [2.05, 4.69) is 4.99 Å². The lowest BCUT2D eigenvalue weighted by Crippen LogP contribution is -2.57. The zero-order valence-corrected chi connectivity index (χ0v) is 15.4. The number of hydrogen-bond acceptors (Lipinski definition) is 8. The van der Waals surface area contributed by atoms with Gasteiger partial charge in [-0.3, -0.25) is 4.99 Å². The minimum Gasteiger partial charge on any atom is -0.394 e. The number of nitrogens with zero attached hydrogens (tertiary/aromatic N) is 1. The van der Waals surface area contributed by atoms with Gasteiger partial charge in [-0.15, -0.1) is 0 Å². The van der Waals surface area contributed by atoms with Crippen LogP contribution in [0.2, 0.25) is 0 Å². The summed E-state index contributed by atoms with van der Waals surface area (Å²) in [5, 5.41) is 38.6. The highest BCUT2D eigenvalue weighted by Crippen LogP contribution is 2.48. The van der Waals surface area contributed by atoms with E-state index in [0.29, 0.717) is 11.3 Å². The van der Waals surface area contributed by atoms with Gasteiger partial charge in [0.15, 0.2) is 0 Å². The molecule has 0 amide bonds. The Kier molecular flexibility index (Phi) is 6.11. The van der Waals surface area contributed by atoms with Crippen LogP contribution < -0.4 is 0 Å². The second-order valence-electron chi connectivity index (χ2n) is 6.28. The minimum absolute atomic E-state index is 0.0472. The molecule has 6 nitrogen and oxygen atoms in total.